The van der Waals surface area contributed by atoms with E-state index in [1.54, 1.807) is 12.1 Å². The summed E-state index contributed by atoms with van der Waals surface area (Å²) in [6.07, 6.45) is 0. The molecule has 34 heavy (non-hydrogen) atoms. The van der Waals surface area contributed by atoms with Crippen molar-refractivity contribution in [3.63, 3.8) is 0 Å². The monoisotopic (exact) mass is 534 g/mol. The van der Waals surface area contributed by atoms with Crippen molar-refractivity contribution in [1.82, 2.24) is 25.1 Å². The van der Waals surface area contributed by atoms with Gasteiger partial charge in [-0.3, -0.25) is 9.59 Å². The Morgan fingerprint density at radius 2 is 1.97 bits per heavy atom. The molecular weight excluding hydrogens is 515 g/mol. The number of fused-ring (bicyclic) bond motifs is 1. The van der Waals surface area contributed by atoms with Crippen LogP contribution >= 0.6 is 46.3 Å². The van der Waals surface area contributed by atoms with E-state index in [0.29, 0.717) is 33.2 Å². The molecule has 0 fully saturated rings. The summed E-state index contributed by atoms with van der Waals surface area (Å²) in [7, 11) is 0. The molecule has 0 radical (unpaired) electrons. The minimum Gasteiger partial charge on any atom is -0.342 e. The van der Waals surface area contributed by atoms with Crippen LogP contribution in [0.5, 0.6) is 0 Å². The summed E-state index contributed by atoms with van der Waals surface area (Å²) in [5.41, 5.74) is 1.17. The number of para-hydroxylation sites is 1. The number of carbonyl (C=O) groups is 2. The van der Waals surface area contributed by atoms with Gasteiger partial charge in [-0.15, -0.1) is 10.2 Å². The number of rotatable bonds is 8. The van der Waals surface area contributed by atoms with Gasteiger partial charge in [-0.1, -0.05) is 58.4 Å². The van der Waals surface area contributed by atoms with Gasteiger partial charge in [-0.25, -0.2) is 4.98 Å². The zero-order valence-electron chi connectivity index (χ0n) is 18.2. The van der Waals surface area contributed by atoms with E-state index in [-0.39, 0.29) is 22.6 Å². The number of nitrogens with one attached hydrogen (secondary N) is 2. The predicted octanol–water partition coefficient (Wildman–Crippen LogP) is 5.44. The summed E-state index contributed by atoms with van der Waals surface area (Å²) < 4.78 is 2.88. The lowest BCUT2D eigenvalue weighted by atomic mass is 10.2. The first kappa shape index (κ1) is 24.5. The number of thiazole rings is 1. The average Bonchev–Trinajstić information content (AvgIpc) is 3.40. The van der Waals surface area contributed by atoms with Gasteiger partial charge in [0.2, 0.25) is 5.91 Å². The molecule has 0 aliphatic carbocycles. The Labute approximate surface area is 214 Å². The molecule has 1 atom stereocenters. The first-order valence-electron chi connectivity index (χ1n) is 10.3. The number of carbonyl (C=O) groups excluding carboxylic acids is 2. The van der Waals surface area contributed by atoms with E-state index >= 15 is 0 Å². The number of aromatic nitrogens is 4. The van der Waals surface area contributed by atoms with Crippen LogP contribution in [0.15, 0.2) is 47.6 Å². The summed E-state index contributed by atoms with van der Waals surface area (Å²) in [6, 6.07) is 12.0. The van der Waals surface area contributed by atoms with Crippen molar-refractivity contribution in [2.45, 2.75) is 31.6 Å². The molecule has 8 nitrogen and oxygen atoms in total. The van der Waals surface area contributed by atoms with E-state index < -0.39 is 6.04 Å². The first-order chi connectivity index (χ1) is 16.4. The van der Waals surface area contributed by atoms with Gasteiger partial charge in [0.25, 0.3) is 5.91 Å². The zero-order chi connectivity index (χ0) is 24.2. The van der Waals surface area contributed by atoms with E-state index in [9.17, 15) is 9.59 Å². The molecule has 0 saturated heterocycles. The van der Waals surface area contributed by atoms with Crippen LogP contribution in [0.1, 0.15) is 36.1 Å². The molecule has 0 saturated carbocycles. The molecule has 2 N–H and O–H groups in total. The largest absolute Gasteiger partial charge is 0.342 e. The first-order valence-corrected chi connectivity index (χ1v) is 12.9. The van der Waals surface area contributed by atoms with Crippen LogP contribution in [0.25, 0.3) is 10.2 Å². The summed E-state index contributed by atoms with van der Waals surface area (Å²) in [6.45, 7) is 4.33. The minimum absolute atomic E-state index is 0.148. The number of amides is 2. The Kier molecular flexibility index (Phi) is 7.72. The van der Waals surface area contributed by atoms with Crippen molar-refractivity contribution < 1.29 is 9.59 Å². The lowest BCUT2D eigenvalue weighted by molar-refractivity contribution is -0.113. The van der Waals surface area contributed by atoms with Gasteiger partial charge >= 0.3 is 0 Å². The molecule has 0 spiro atoms. The number of anilines is 1. The van der Waals surface area contributed by atoms with Crippen molar-refractivity contribution in [3.8, 4) is 0 Å². The number of nitrogens with zero attached hydrogens (tertiary/aromatic N) is 4. The van der Waals surface area contributed by atoms with Crippen molar-refractivity contribution >= 4 is 73.5 Å². The molecule has 12 heteroatoms. The topological polar surface area (TPSA) is 102 Å². The van der Waals surface area contributed by atoms with Crippen molar-refractivity contribution in [2.75, 3.05) is 11.1 Å². The van der Waals surface area contributed by atoms with Crippen molar-refractivity contribution in [1.29, 1.82) is 0 Å². The third kappa shape index (κ3) is 5.52. The van der Waals surface area contributed by atoms with Gasteiger partial charge in [-0.05, 0) is 44.2 Å². The maximum atomic E-state index is 12.7. The number of thioether (sulfide) groups is 1. The Bertz CT molecular complexity index is 1320. The van der Waals surface area contributed by atoms with Gasteiger partial charge in [-0.2, -0.15) is 0 Å². The van der Waals surface area contributed by atoms with E-state index in [0.717, 1.165) is 10.2 Å². The van der Waals surface area contributed by atoms with Crippen LogP contribution < -0.4 is 10.6 Å². The molecule has 4 aromatic rings. The highest BCUT2D eigenvalue weighted by Gasteiger charge is 2.21. The normalized spacial score (nSPS) is 12.0. The maximum Gasteiger partial charge on any atom is 0.253 e. The van der Waals surface area contributed by atoms with Crippen LogP contribution in [-0.4, -0.2) is 37.3 Å². The van der Waals surface area contributed by atoms with Crippen molar-refractivity contribution in [3.05, 3.63) is 63.9 Å². The second-order valence-electron chi connectivity index (χ2n) is 7.23. The Hall–Kier alpha value is -2.66. The van der Waals surface area contributed by atoms with Gasteiger partial charge in [0.05, 0.1) is 32.6 Å². The Morgan fingerprint density at radius 1 is 1.18 bits per heavy atom. The Morgan fingerprint density at radius 3 is 2.71 bits per heavy atom. The summed E-state index contributed by atoms with van der Waals surface area (Å²) in [5, 5.41) is 16.0. The fourth-order valence-electron chi connectivity index (χ4n) is 3.25. The second-order valence-corrected chi connectivity index (χ2v) is 10.0. The SMILES string of the molecule is CCn1c(SCC(=O)Nc2nc3ccccc3s2)nnc1C(C)NC(=O)c1ccc(Cl)cc1Cl. The second kappa shape index (κ2) is 10.7. The van der Waals surface area contributed by atoms with Gasteiger partial charge in [0, 0.05) is 11.6 Å². The minimum atomic E-state index is -0.433. The van der Waals surface area contributed by atoms with E-state index in [1.807, 2.05) is 42.7 Å². The summed E-state index contributed by atoms with van der Waals surface area (Å²) in [4.78, 5) is 29.5. The third-order valence-electron chi connectivity index (χ3n) is 4.84. The van der Waals surface area contributed by atoms with Crippen LogP contribution in [0.4, 0.5) is 5.13 Å². The Balaban J connectivity index is 1.39. The predicted molar refractivity (Wildman–Crippen MR) is 137 cm³/mol. The van der Waals surface area contributed by atoms with Gasteiger partial charge in [0.15, 0.2) is 16.1 Å². The van der Waals surface area contributed by atoms with Crippen LogP contribution in [-0.2, 0) is 11.3 Å². The molecule has 0 aliphatic rings. The number of hydrogen-bond acceptors (Lipinski definition) is 7. The average molecular weight is 535 g/mol. The molecule has 1 unspecified atom stereocenters. The summed E-state index contributed by atoms with van der Waals surface area (Å²) >= 11 is 14.8. The number of benzene rings is 2. The van der Waals surface area contributed by atoms with Crippen molar-refractivity contribution in [2.24, 2.45) is 0 Å². The number of halogens is 2. The molecule has 0 bridgehead atoms. The smallest absolute Gasteiger partial charge is 0.253 e. The van der Waals surface area contributed by atoms with Crippen LogP contribution in [0, 0.1) is 0 Å². The fraction of sp³-hybridized carbons (Fsp3) is 0.227. The highest BCUT2D eigenvalue weighted by molar-refractivity contribution is 7.99. The summed E-state index contributed by atoms with van der Waals surface area (Å²) in [5.74, 6) is 0.198. The molecule has 4 rings (SSSR count). The van der Waals surface area contributed by atoms with Crippen LogP contribution in [0.2, 0.25) is 10.0 Å². The number of hydrogen-bond donors (Lipinski definition) is 2. The van der Waals surface area contributed by atoms with E-state index in [2.05, 4.69) is 25.8 Å². The highest BCUT2D eigenvalue weighted by atomic mass is 35.5. The molecule has 2 aromatic carbocycles. The van der Waals surface area contributed by atoms with E-state index in [1.165, 1.54) is 29.2 Å². The fourth-order valence-corrected chi connectivity index (χ4v) is 5.43. The lowest BCUT2D eigenvalue weighted by Crippen LogP contribution is -2.29. The van der Waals surface area contributed by atoms with Gasteiger partial charge in [0.1, 0.15) is 0 Å². The molecule has 2 amide bonds. The quantitative estimate of drug-likeness (QED) is 0.292. The lowest BCUT2D eigenvalue weighted by Gasteiger charge is -2.15. The highest BCUT2D eigenvalue weighted by Crippen LogP contribution is 2.27. The third-order valence-corrected chi connectivity index (χ3v) is 7.31. The van der Waals surface area contributed by atoms with E-state index in [4.69, 9.17) is 23.2 Å². The molecule has 2 aromatic heterocycles. The molecule has 2 heterocycles. The molecule has 176 valence electrons. The molecule has 0 aliphatic heterocycles. The molecular formula is C22H20Cl2N6O2S2. The zero-order valence-corrected chi connectivity index (χ0v) is 21.4. The van der Waals surface area contributed by atoms with Crippen LogP contribution in [0.3, 0.4) is 0 Å². The standard InChI is InChI=1S/C22H20Cl2N6O2S2/c1-3-30-19(12(2)25-20(32)14-9-8-13(23)10-15(14)24)28-29-22(30)33-11-18(31)27-21-26-16-6-4-5-7-17(16)34-21/h4-10,12H,3,11H2,1-2H3,(H,25,32)(H,26,27,31). The maximum absolute atomic E-state index is 12.7. The van der Waals surface area contributed by atoms with Gasteiger partial charge < -0.3 is 15.2 Å².